The Balaban J connectivity index is 1.34. The highest BCUT2D eigenvalue weighted by Crippen LogP contribution is 2.39. The second-order valence-corrected chi connectivity index (χ2v) is 10.8. The molecule has 1 saturated heterocycles. The maximum atomic E-state index is 13.3. The monoisotopic (exact) mass is 576 g/mol. The fourth-order valence-electron chi connectivity index (χ4n) is 5.56. The number of H-pyrrole nitrogens is 1. The highest BCUT2D eigenvalue weighted by molar-refractivity contribution is 6.37. The largest absolute Gasteiger partial charge is 0.354 e. The zero-order valence-corrected chi connectivity index (χ0v) is 23.9. The Kier molecular flexibility index (Phi) is 7.74. The number of aromatic amines is 1. The molecule has 6 rings (SSSR count). The third kappa shape index (κ3) is 5.90. The summed E-state index contributed by atoms with van der Waals surface area (Å²) in [4.78, 5) is 46.3. The average Bonchev–Trinajstić information content (AvgIpc) is 3.64. The number of hydrogen-bond acceptors (Lipinski definition) is 6. The zero-order valence-electron chi connectivity index (χ0n) is 23.9. The van der Waals surface area contributed by atoms with Gasteiger partial charge in [0.15, 0.2) is 0 Å². The quantitative estimate of drug-likeness (QED) is 0.126. The molecule has 1 aromatic heterocycles. The van der Waals surface area contributed by atoms with Crippen LogP contribution < -0.4 is 10.6 Å². The minimum Gasteiger partial charge on any atom is -0.354 e. The van der Waals surface area contributed by atoms with Gasteiger partial charge in [-0.15, -0.1) is 0 Å². The van der Waals surface area contributed by atoms with Crippen LogP contribution in [0.5, 0.6) is 0 Å². The fourth-order valence-corrected chi connectivity index (χ4v) is 5.56. The molecular weight excluding hydrogens is 544 g/mol. The van der Waals surface area contributed by atoms with Crippen LogP contribution in [0.3, 0.4) is 0 Å². The van der Waals surface area contributed by atoms with Gasteiger partial charge in [-0.1, -0.05) is 43.3 Å². The first-order valence-electron chi connectivity index (χ1n) is 14.5. The SMILES string of the molecule is CCc1nc(-c2ccc(N/C(=C3\C(=O)Nc4ccc([N+](=O)[O-])cc43)c3ccc(CCN4CCCCC4=O)cc3)cc2)c[nH]1. The number of nitro benzene ring substituents is 1. The van der Waals surface area contributed by atoms with Gasteiger partial charge in [-0.05, 0) is 48.6 Å². The van der Waals surface area contributed by atoms with Crippen LogP contribution in [-0.2, 0) is 22.4 Å². The number of imidazole rings is 1. The third-order valence-electron chi connectivity index (χ3n) is 7.96. The molecule has 10 nitrogen and oxygen atoms in total. The minimum atomic E-state index is -0.465. The van der Waals surface area contributed by atoms with Gasteiger partial charge in [-0.3, -0.25) is 19.7 Å². The molecule has 1 fully saturated rings. The van der Waals surface area contributed by atoms with E-state index in [9.17, 15) is 19.7 Å². The third-order valence-corrected chi connectivity index (χ3v) is 7.96. The molecule has 218 valence electrons. The number of benzene rings is 3. The molecule has 10 heteroatoms. The second kappa shape index (κ2) is 11.9. The second-order valence-electron chi connectivity index (χ2n) is 10.8. The van der Waals surface area contributed by atoms with Crippen molar-refractivity contribution in [3.05, 3.63) is 106 Å². The van der Waals surface area contributed by atoms with Gasteiger partial charge in [0.2, 0.25) is 5.91 Å². The fraction of sp³-hybridized carbons (Fsp3) is 0.242. The van der Waals surface area contributed by atoms with Crippen molar-refractivity contribution in [2.24, 2.45) is 0 Å². The van der Waals surface area contributed by atoms with Crippen LogP contribution in [0.2, 0.25) is 0 Å². The Labute approximate surface area is 249 Å². The van der Waals surface area contributed by atoms with Gasteiger partial charge in [0, 0.05) is 66.8 Å². The highest BCUT2D eigenvalue weighted by Gasteiger charge is 2.30. The van der Waals surface area contributed by atoms with Gasteiger partial charge in [-0.2, -0.15) is 0 Å². The molecule has 0 saturated carbocycles. The first-order valence-corrected chi connectivity index (χ1v) is 14.5. The normalized spacial score (nSPS) is 15.7. The number of non-ortho nitro benzene ring substituents is 1. The molecule has 43 heavy (non-hydrogen) atoms. The molecular formula is C33H32N6O4. The van der Waals surface area contributed by atoms with Crippen LogP contribution in [0, 0.1) is 10.1 Å². The molecule has 3 aromatic carbocycles. The van der Waals surface area contributed by atoms with E-state index in [1.54, 1.807) is 6.07 Å². The standard InChI is InChI=1S/C33H32N6O4/c1-2-29-34-20-28(36-29)22-10-12-24(13-11-22)35-32(31-26-19-25(39(42)43)14-15-27(26)37-33(31)41)23-8-6-21(7-9-23)16-18-38-17-4-3-5-30(38)40/h6-15,19-20,35H,2-5,16-18H2,1H3,(H,34,36)(H,37,41)/b32-31-. The summed E-state index contributed by atoms with van der Waals surface area (Å²) in [5.41, 5.74) is 6.14. The van der Waals surface area contributed by atoms with Crippen molar-refractivity contribution in [2.75, 3.05) is 23.7 Å². The highest BCUT2D eigenvalue weighted by atomic mass is 16.6. The van der Waals surface area contributed by atoms with Crippen molar-refractivity contribution in [3.63, 3.8) is 0 Å². The Morgan fingerprint density at radius 1 is 1.05 bits per heavy atom. The molecule has 0 atom stereocenters. The van der Waals surface area contributed by atoms with Crippen LogP contribution in [0.15, 0.2) is 72.9 Å². The van der Waals surface area contributed by atoms with Crippen molar-refractivity contribution < 1.29 is 14.5 Å². The van der Waals surface area contributed by atoms with E-state index >= 15 is 0 Å². The lowest BCUT2D eigenvalue weighted by atomic mass is 9.98. The summed E-state index contributed by atoms with van der Waals surface area (Å²) in [6.45, 7) is 3.52. The van der Waals surface area contributed by atoms with Crippen LogP contribution >= 0.6 is 0 Å². The molecule has 2 aliphatic heterocycles. The van der Waals surface area contributed by atoms with E-state index in [0.29, 0.717) is 35.5 Å². The Hall–Kier alpha value is -5.25. The number of nitrogens with zero attached hydrogens (tertiary/aromatic N) is 3. The predicted molar refractivity (Wildman–Crippen MR) is 166 cm³/mol. The van der Waals surface area contributed by atoms with Crippen molar-refractivity contribution >= 4 is 40.1 Å². The van der Waals surface area contributed by atoms with Crippen molar-refractivity contribution in [3.8, 4) is 11.3 Å². The van der Waals surface area contributed by atoms with Crippen LogP contribution in [-0.4, -0.2) is 44.7 Å². The molecule has 2 aliphatic rings. The summed E-state index contributed by atoms with van der Waals surface area (Å²) in [7, 11) is 0. The zero-order chi connectivity index (χ0) is 29.9. The number of aryl methyl sites for hydroxylation is 1. The smallest absolute Gasteiger partial charge is 0.270 e. The molecule has 3 heterocycles. The number of carbonyl (C=O) groups is 2. The number of aromatic nitrogens is 2. The molecule has 0 bridgehead atoms. The van der Waals surface area contributed by atoms with E-state index in [0.717, 1.165) is 66.1 Å². The molecule has 0 unspecified atom stereocenters. The minimum absolute atomic E-state index is 0.0930. The van der Waals surface area contributed by atoms with Gasteiger partial charge < -0.3 is 20.5 Å². The van der Waals surface area contributed by atoms with Crippen LogP contribution in [0.4, 0.5) is 17.1 Å². The number of likely N-dealkylation sites (tertiary alicyclic amines) is 1. The Bertz CT molecular complexity index is 1720. The average molecular weight is 577 g/mol. The van der Waals surface area contributed by atoms with E-state index in [4.69, 9.17) is 0 Å². The number of amides is 2. The maximum Gasteiger partial charge on any atom is 0.270 e. The number of piperidine rings is 1. The molecule has 0 spiro atoms. The van der Waals surface area contributed by atoms with E-state index in [1.165, 1.54) is 12.1 Å². The van der Waals surface area contributed by atoms with Gasteiger partial charge in [0.1, 0.15) is 5.82 Å². The summed E-state index contributed by atoms with van der Waals surface area (Å²) in [6.07, 6.45) is 6.04. The number of carbonyl (C=O) groups excluding carboxylic acids is 2. The van der Waals surface area contributed by atoms with E-state index in [1.807, 2.05) is 66.6 Å². The maximum absolute atomic E-state index is 13.3. The number of anilines is 2. The summed E-state index contributed by atoms with van der Waals surface area (Å²) in [6, 6.07) is 20.0. The number of nitro groups is 1. The summed E-state index contributed by atoms with van der Waals surface area (Å²) in [5.74, 6) is 0.782. The lowest BCUT2D eigenvalue weighted by Crippen LogP contribution is -2.36. The molecule has 4 aromatic rings. The van der Waals surface area contributed by atoms with Crippen LogP contribution in [0.1, 0.15) is 48.7 Å². The number of nitrogens with one attached hydrogen (secondary N) is 3. The molecule has 3 N–H and O–H groups in total. The van der Waals surface area contributed by atoms with E-state index in [-0.39, 0.29) is 17.5 Å². The first-order chi connectivity index (χ1) is 20.9. The Morgan fingerprint density at radius 3 is 2.53 bits per heavy atom. The van der Waals surface area contributed by atoms with Crippen LogP contribution in [0.25, 0.3) is 22.5 Å². The summed E-state index contributed by atoms with van der Waals surface area (Å²) < 4.78 is 0. The van der Waals surface area contributed by atoms with Gasteiger partial charge >= 0.3 is 0 Å². The lowest BCUT2D eigenvalue weighted by molar-refractivity contribution is -0.384. The Morgan fingerprint density at radius 2 is 1.84 bits per heavy atom. The first kappa shape index (κ1) is 27.9. The molecule has 0 radical (unpaired) electrons. The predicted octanol–water partition coefficient (Wildman–Crippen LogP) is 6.03. The molecule has 0 aliphatic carbocycles. The van der Waals surface area contributed by atoms with Crippen molar-refractivity contribution in [1.29, 1.82) is 0 Å². The number of rotatable bonds is 9. The van der Waals surface area contributed by atoms with Crippen molar-refractivity contribution in [1.82, 2.24) is 14.9 Å². The number of fused-ring (bicyclic) bond motifs is 1. The van der Waals surface area contributed by atoms with E-state index in [2.05, 4.69) is 20.6 Å². The van der Waals surface area contributed by atoms with E-state index < -0.39 is 4.92 Å². The van der Waals surface area contributed by atoms with Gasteiger partial charge in [0.05, 0.1) is 21.9 Å². The summed E-state index contributed by atoms with van der Waals surface area (Å²) in [5, 5.41) is 17.8. The number of hydrogen-bond donors (Lipinski definition) is 3. The summed E-state index contributed by atoms with van der Waals surface area (Å²) >= 11 is 0. The van der Waals surface area contributed by atoms with Gasteiger partial charge in [0.25, 0.3) is 11.6 Å². The lowest BCUT2D eigenvalue weighted by Gasteiger charge is -2.26. The van der Waals surface area contributed by atoms with Crippen molar-refractivity contribution in [2.45, 2.75) is 39.0 Å². The topological polar surface area (TPSA) is 133 Å². The van der Waals surface area contributed by atoms with Gasteiger partial charge in [-0.25, -0.2) is 4.98 Å². The molecule has 2 amide bonds.